The number of hydrogen-bond acceptors (Lipinski definition) is 4. The molecule has 0 saturated carbocycles. The van der Waals surface area contributed by atoms with Gasteiger partial charge in [0.15, 0.2) is 5.13 Å². The summed E-state index contributed by atoms with van der Waals surface area (Å²) in [4.78, 5) is 18.4. The molecule has 6 heteroatoms. The third-order valence-corrected chi connectivity index (χ3v) is 4.46. The van der Waals surface area contributed by atoms with E-state index in [1.54, 1.807) is 11.9 Å². The molecule has 3 rings (SSSR count). The Morgan fingerprint density at radius 2 is 1.96 bits per heavy atom. The molecular weight excluding hydrogens is 322 g/mol. The maximum atomic E-state index is 12.3. The fourth-order valence-electron chi connectivity index (χ4n) is 2.32. The van der Waals surface area contributed by atoms with E-state index in [2.05, 4.69) is 10.3 Å². The third-order valence-electron chi connectivity index (χ3n) is 3.51. The van der Waals surface area contributed by atoms with Crippen molar-refractivity contribution in [3.8, 4) is 5.75 Å². The van der Waals surface area contributed by atoms with Crippen molar-refractivity contribution < 1.29 is 9.53 Å². The van der Waals surface area contributed by atoms with Crippen LogP contribution >= 0.6 is 11.3 Å². The highest BCUT2D eigenvalue weighted by Gasteiger charge is 2.12. The van der Waals surface area contributed by atoms with E-state index in [4.69, 9.17) is 4.74 Å². The molecule has 0 bridgehead atoms. The van der Waals surface area contributed by atoms with Crippen LogP contribution in [-0.4, -0.2) is 29.6 Å². The summed E-state index contributed by atoms with van der Waals surface area (Å²) < 4.78 is 6.48. The predicted octanol–water partition coefficient (Wildman–Crippen LogP) is 4.36. The van der Waals surface area contributed by atoms with E-state index >= 15 is 0 Å². The lowest BCUT2D eigenvalue weighted by Crippen LogP contribution is -2.30. The first-order valence-corrected chi connectivity index (χ1v) is 8.57. The van der Waals surface area contributed by atoms with Crippen molar-refractivity contribution >= 4 is 32.7 Å². The average Bonchev–Trinajstić information content (AvgIpc) is 2.99. The lowest BCUT2D eigenvalue weighted by atomic mass is 10.2. The third kappa shape index (κ3) is 3.83. The summed E-state index contributed by atoms with van der Waals surface area (Å²) >= 11 is 1.47. The Balaban J connectivity index is 1.61. The molecule has 0 aliphatic rings. The number of rotatable bonds is 5. The Morgan fingerprint density at radius 1 is 1.21 bits per heavy atom. The van der Waals surface area contributed by atoms with Gasteiger partial charge in [0.2, 0.25) is 0 Å². The number of amides is 2. The number of carbonyl (C=O) groups is 1. The number of hydrogen-bond donors (Lipinski definition) is 1. The molecule has 0 atom stereocenters. The predicted molar refractivity (Wildman–Crippen MR) is 97.7 cm³/mol. The first-order valence-electron chi connectivity index (χ1n) is 7.75. The van der Waals surface area contributed by atoms with Gasteiger partial charge >= 0.3 is 6.03 Å². The molecule has 5 nitrogen and oxygen atoms in total. The van der Waals surface area contributed by atoms with E-state index in [1.807, 2.05) is 55.5 Å². The largest absolute Gasteiger partial charge is 0.494 e. The van der Waals surface area contributed by atoms with Crippen molar-refractivity contribution in [1.29, 1.82) is 0 Å². The van der Waals surface area contributed by atoms with Crippen LogP contribution in [-0.2, 0) is 6.54 Å². The molecule has 1 aromatic heterocycles. The van der Waals surface area contributed by atoms with Gasteiger partial charge in [-0.2, -0.15) is 0 Å². The highest BCUT2D eigenvalue weighted by molar-refractivity contribution is 7.22. The summed E-state index contributed by atoms with van der Waals surface area (Å²) in [5, 5.41) is 3.46. The van der Waals surface area contributed by atoms with Gasteiger partial charge in [-0.3, -0.25) is 5.32 Å². The van der Waals surface area contributed by atoms with Crippen LogP contribution in [0.5, 0.6) is 5.75 Å². The number of aromatic nitrogens is 1. The number of fused-ring (bicyclic) bond motifs is 1. The van der Waals surface area contributed by atoms with E-state index in [1.165, 1.54) is 11.3 Å². The van der Waals surface area contributed by atoms with Crippen molar-refractivity contribution in [3.05, 3.63) is 54.1 Å². The van der Waals surface area contributed by atoms with Crippen LogP contribution in [0.4, 0.5) is 9.93 Å². The Kier molecular flexibility index (Phi) is 4.96. The number of nitrogens with zero attached hydrogens (tertiary/aromatic N) is 2. The maximum absolute atomic E-state index is 12.3. The van der Waals surface area contributed by atoms with Crippen LogP contribution in [0.1, 0.15) is 12.5 Å². The van der Waals surface area contributed by atoms with Gasteiger partial charge in [-0.25, -0.2) is 9.78 Å². The molecule has 124 valence electrons. The molecule has 3 aromatic rings. The van der Waals surface area contributed by atoms with Gasteiger partial charge in [-0.15, -0.1) is 0 Å². The molecule has 24 heavy (non-hydrogen) atoms. The lowest BCUT2D eigenvalue weighted by molar-refractivity contribution is 0.220. The Bertz CT molecular complexity index is 797. The Morgan fingerprint density at radius 3 is 2.67 bits per heavy atom. The maximum Gasteiger partial charge on any atom is 0.323 e. The lowest BCUT2D eigenvalue weighted by Gasteiger charge is -2.17. The number of carbonyl (C=O) groups excluding carboxylic acids is 1. The monoisotopic (exact) mass is 341 g/mol. The van der Waals surface area contributed by atoms with Crippen LogP contribution in [0.3, 0.4) is 0 Å². The van der Waals surface area contributed by atoms with Crippen molar-refractivity contribution in [2.45, 2.75) is 13.5 Å². The van der Waals surface area contributed by atoms with Crippen LogP contribution < -0.4 is 10.1 Å². The van der Waals surface area contributed by atoms with Gasteiger partial charge in [-0.1, -0.05) is 35.6 Å². The molecule has 0 saturated heterocycles. The fraction of sp³-hybridized carbons (Fsp3) is 0.222. The quantitative estimate of drug-likeness (QED) is 0.750. The van der Waals surface area contributed by atoms with Crippen LogP contribution in [0, 0.1) is 0 Å². The van der Waals surface area contributed by atoms with Gasteiger partial charge in [0, 0.05) is 13.6 Å². The summed E-state index contributed by atoms with van der Waals surface area (Å²) in [5.41, 5.74) is 1.94. The molecule has 1 N–H and O–H groups in total. The summed E-state index contributed by atoms with van der Waals surface area (Å²) in [7, 11) is 1.76. The number of urea groups is 1. The van der Waals surface area contributed by atoms with Gasteiger partial charge in [0.05, 0.1) is 16.8 Å². The topological polar surface area (TPSA) is 54.5 Å². The number of nitrogens with one attached hydrogen (secondary N) is 1. The minimum Gasteiger partial charge on any atom is -0.494 e. The molecule has 0 fully saturated rings. The number of ether oxygens (including phenoxy) is 1. The molecule has 0 unspecified atom stereocenters. The first-order chi connectivity index (χ1) is 11.7. The molecular formula is C18H19N3O2S. The first kappa shape index (κ1) is 16.3. The number of para-hydroxylation sites is 1. The van der Waals surface area contributed by atoms with Crippen LogP contribution in [0.15, 0.2) is 48.5 Å². The van der Waals surface area contributed by atoms with E-state index in [0.29, 0.717) is 18.3 Å². The molecule has 0 radical (unpaired) electrons. The van der Waals surface area contributed by atoms with Crippen molar-refractivity contribution in [1.82, 2.24) is 9.88 Å². The summed E-state index contributed by atoms with van der Waals surface area (Å²) in [6.07, 6.45) is 0. The van der Waals surface area contributed by atoms with Crippen molar-refractivity contribution in [3.63, 3.8) is 0 Å². The zero-order chi connectivity index (χ0) is 16.9. The molecule has 0 aliphatic carbocycles. The summed E-state index contributed by atoms with van der Waals surface area (Å²) in [5.74, 6) is 0.836. The minimum atomic E-state index is -0.178. The summed E-state index contributed by atoms with van der Waals surface area (Å²) in [6.45, 7) is 3.11. The number of benzene rings is 2. The molecule has 2 aromatic carbocycles. The van der Waals surface area contributed by atoms with E-state index in [9.17, 15) is 4.79 Å². The van der Waals surface area contributed by atoms with Crippen molar-refractivity contribution in [2.75, 3.05) is 19.0 Å². The smallest absolute Gasteiger partial charge is 0.323 e. The molecule has 0 spiro atoms. The minimum absolute atomic E-state index is 0.178. The highest BCUT2D eigenvalue weighted by Crippen LogP contribution is 2.25. The molecule has 1 heterocycles. The Hall–Kier alpha value is -2.60. The second-order valence-corrected chi connectivity index (χ2v) is 6.38. The van der Waals surface area contributed by atoms with Crippen LogP contribution in [0.2, 0.25) is 0 Å². The molecule has 0 aliphatic heterocycles. The molecule has 2 amide bonds. The van der Waals surface area contributed by atoms with E-state index in [0.717, 1.165) is 21.5 Å². The number of thiazole rings is 1. The van der Waals surface area contributed by atoms with E-state index < -0.39 is 0 Å². The normalized spacial score (nSPS) is 10.6. The van der Waals surface area contributed by atoms with E-state index in [-0.39, 0.29) is 6.03 Å². The zero-order valence-corrected chi connectivity index (χ0v) is 14.5. The summed E-state index contributed by atoms with van der Waals surface area (Å²) in [6, 6.07) is 15.4. The fourth-order valence-corrected chi connectivity index (χ4v) is 3.17. The standard InChI is InChI=1S/C18H19N3O2S/c1-3-23-14-10-8-13(9-11-14)12-21(2)18(22)20-17-19-15-6-4-5-7-16(15)24-17/h4-11H,3,12H2,1-2H3,(H,19,20,22). The van der Waals surface area contributed by atoms with Crippen molar-refractivity contribution in [2.24, 2.45) is 0 Å². The Labute approximate surface area is 144 Å². The second kappa shape index (κ2) is 7.31. The van der Waals surface area contributed by atoms with Gasteiger partial charge in [0.25, 0.3) is 0 Å². The SMILES string of the molecule is CCOc1ccc(CN(C)C(=O)Nc2nc3ccccc3s2)cc1. The van der Waals surface area contributed by atoms with Gasteiger partial charge in [0.1, 0.15) is 5.75 Å². The van der Waals surface area contributed by atoms with Crippen LogP contribution in [0.25, 0.3) is 10.2 Å². The van der Waals surface area contributed by atoms with Gasteiger partial charge in [-0.05, 0) is 36.8 Å². The highest BCUT2D eigenvalue weighted by atomic mass is 32.1. The second-order valence-electron chi connectivity index (χ2n) is 5.35. The number of anilines is 1. The average molecular weight is 341 g/mol. The zero-order valence-electron chi connectivity index (χ0n) is 13.7. The van der Waals surface area contributed by atoms with Gasteiger partial charge < -0.3 is 9.64 Å².